The van der Waals surface area contributed by atoms with E-state index in [0.717, 1.165) is 6.42 Å². The van der Waals surface area contributed by atoms with E-state index in [0.29, 0.717) is 16.3 Å². The molecule has 0 radical (unpaired) electrons. The normalized spacial score (nSPS) is 12.2. The summed E-state index contributed by atoms with van der Waals surface area (Å²) in [5.41, 5.74) is 6.65. The van der Waals surface area contributed by atoms with E-state index < -0.39 is 0 Å². The zero-order valence-electron chi connectivity index (χ0n) is 9.83. The van der Waals surface area contributed by atoms with Crippen molar-refractivity contribution >= 4 is 23.2 Å². The summed E-state index contributed by atoms with van der Waals surface area (Å²) in [6.45, 7) is 4.04. The Morgan fingerprint density at radius 2 is 2.19 bits per heavy atom. The molecule has 0 aliphatic heterocycles. The highest BCUT2D eigenvalue weighted by Crippen LogP contribution is 2.21. The number of nitrogens with two attached hydrogens (primary N) is 1. The van der Waals surface area contributed by atoms with Gasteiger partial charge >= 0.3 is 0 Å². The molecule has 88 valence electrons. The maximum absolute atomic E-state index is 12.1. The van der Waals surface area contributed by atoms with E-state index in [4.69, 9.17) is 17.3 Å². The van der Waals surface area contributed by atoms with Crippen LogP contribution in [0.1, 0.15) is 30.6 Å². The molecule has 0 aliphatic carbocycles. The lowest BCUT2D eigenvalue weighted by atomic mass is 10.1. The van der Waals surface area contributed by atoms with Gasteiger partial charge in [0.15, 0.2) is 0 Å². The summed E-state index contributed by atoms with van der Waals surface area (Å²) >= 11 is 5.98. The van der Waals surface area contributed by atoms with Gasteiger partial charge in [0.25, 0.3) is 5.91 Å². The number of hydrogen-bond acceptors (Lipinski definition) is 2. The topological polar surface area (TPSA) is 46.3 Å². The highest BCUT2D eigenvalue weighted by atomic mass is 35.5. The first kappa shape index (κ1) is 12.8. The molecule has 0 aromatic heterocycles. The Labute approximate surface area is 101 Å². The Hall–Kier alpha value is -1.22. The highest BCUT2D eigenvalue weighted by Gasteiger charge is 2.18. The molecule has 1 atom stereocenters. The Kier molecular flexibility index (Phi) is 4.19. The predicted molar refractivity (Wildman–Crippen MR) is 67.7 cm³/mol. The molecule has 0 spiro atoms. The van der Waals surface area contributed by atoms with Crippen LogP contribution in [0.2, 0.25) is 5.02 Å². The number of carbonyl (C=O) groups is 1. The zero-order chi connectivity index (χ0) is 12.3. The molecule has 4 heteroatoms. The van der Waals surface area contributed by atoms with E-state index in [1.54, 1.807) is 30.1 Å². The van der Waals surface area contributed by atoms with Gasteiger partial charge in [0.05, 0.1) is 10.6 Å². The van der Waals surface area contributed by atoms with Gasteiger partial charge in [0.1, 0.15) is 0 Å². The standard InChI is InChI=1S/C12H17ClN2O/c1-4-8(2)15(3)12(16)10-7-9(14)5-6-11(10)13/h5-8H,4,14H2,1-3H3. The van der Waals surface area contributed by atoms with E-state index in [1.807, 2.05) is 13.8 Å². The highest BCUT2D eigenvalue weighted by molar-refractivity contribution is 6.34. The molecule has 0 saturated heterocycles. The third kappa shape index (κ3) is 2.67. The molecule has 1 unspecified atom stereocenters. The smallest absolute Gasteiger partial charge is 0.255 e. The van der Waals surface area contributed by atoms with Crippen LogP contribution >= 0.6 is 11.6 Å². The van der Waals surface area contributed by atoms with Crippen molar-refractivity contribution in [3.63, 3.8) is 0 Å². The van der Waals surface area contributed by atoms with Gasteiger partial charge < -0.3 is 10.6 Å². The summed E-state index contributed by atoms with van der Waals surface area (Å²) in [6, 6.07) is 5.13. The van der Waals surface area contributed by atoms with Gasteiger partial charge in [-0.15, -0.1) is 0 Å². The van der Waals surface area contributed by atoms with Gasteiger partial charge in [0, 0.05) is 18.8 Å². The third-order valence-electron chi connectivity index (χ3n) is 2.79. The molecule has 0 saturated carbocycles. The van der Waals surface area contributed by atoms with Crippen molar-refractivity contribution in [3.8, 4) is 0 Å². The van der Waals surface area contributed by atoms with Crippen molar-refractivity contribution in [1.82, 2.24) is 4.90 Å². The fourth-order valence-corrected chi connectivity index (χ4v) is 1.57. The van der Waals surface area contributed by atoms with Gasteiger partial charge in [-0.2, -0.15) is 0 Å². The first-order valence-electron chi connectivity index (χ1n) is 5.29. The van der Waals surface area contributed by atoms with Crippen molar-refractivity contribution < 1.29 is 4.79 Å². The summed E-state index contributed by atoms with van der Waals surface area (Å²) in [5, 5.41) is 0.439. The van der Waals surface area contributed by atoms with Crippen LogP contribution in [-0.4, -0.2) is 23.9 Å². The minimum atomic E-state index is -0.0911. The summed E-state index contributed by atoms with van der Waals surface area (Å²) in [5.74, 6) is -0.0911. The third-order valence-corrected chi connectivity index (χ3v) is 3.12. The predicted octanol–water partition coefficient (Wildman–Crippen LogP) is 2.79. The average Bonchev–Trinajstić information content (AvgIpc) is 2.29. The fourth-order valence-electron chi connectivity index (χ4n) is 1.37. The molecule has 0 aliphatic rings. The number of anilines is 1. The van der Waals surface area contributed by atoms with E-state index in [1.165, 1.54) is 0 Å². The molecule has 0 fully saturated rings. The number of nitrogens with zero attached hydrogens (tertiary/aromatic N) is 1. The number of benzene rings is 1. The number of carbonyl (C=O) groups excluding carboxylic acids is 1. The van der Waals surface area contributed by atoms with Crippen molar-refractivity contribution in [1.29, 1.82) is 0 Å². The van der Waals surface area contributed by atoms with Crippen LogP contribution < -0.4 is 5.73 Å². The second-order valence-electron chi connectivity index (χ2n) is 3.91. The largest absolute Gasteiger partial charge is 0.399 e. The Morgan fingerprint density at radius 1 is 1.56 bits per heavy atom. The Morgan fingerprint density at radius 3 is 2.75 bits per heavy atom. The van der Waals surface area contributed by atoms with Crippen LogP contribution in [0, 0.1) is 0 Å². The lowest BCUT2D eigenvalue weighted by Gasteiger charge is -2.24. The minimum absolute atomic E-state index is 0.0911. The van der Waals surface area contributed by atoms with Crippen LogP contribution in [0.25, 0.3) is 0 Å². The van der Waals surface area contributed by atoms with Crippen molar-refractivity contribution in [2.24, 2.45) is 0 Å². The van der Waals surface area contributed by atoms with Crippen LogP contribution in [0.15, 0.2) is 18.2 Å². The zero-order valence-corrected chi connectivity index (χ0v) is 10.6. The van der Waals surface area contributed by atoms with E-state index in [2.05, 4.69) is 0 Å². The molecular weight excluding hydrogens is 224 g/mol. The summed E-state index contributed by atoms with van der Waals surface area (Å²) in [7, 11) is 1.77. The lowest BCUT2D eigenvalue weighted by molar-refractivity contribution is 0.0741. The molecule has 1 amide bonds. The lowest BCUT2D eigenvalue weighted by Crippen LogP contribution is -2.34. The second kappa shape index (κ2) is 5.21. The SMILES string of the molecule is CCC(C)N(C)C(=O)c1cc(N)ccc1Cl. The van der Waals surface area contributed by atoms with E-state index >= 15 is 0 Å². The average molecular weight is 241 g/mol. The van der Waals surface area contributed by atoms with Crippen LogP contribution in [-0.2, 0) is 0 Å². The molecule has 3 nitrogen and oxygen atoms in total. The first-order valence-corrected chi connectivity index (χ1v) is 5.67. The van der Waals surface area contributed by atoms with Gasteiger partial charge in [-0.05, 0) is 31.5 Å². The van der Waals surface area contributed by atoms with Gasteiger partial charge in [-0.1, -0.05) is 18.5 Å². The Balaban J connectivity index is 3.00. The molecule has 1 rings (SSSR count). The first-order chi connectivity index (χ1) is 7.47. The second-order valence-corrected chi connectivity index (χ2v) is 4.32. The monoisotopic (exact) mass is 240 g/mol. The molecule has 2 N–H and O–H groups in total. The summed E-state index contributed by atoms with van der Waals surface area (Å²) in [4.78, 5) is 13.8. The van der Waals surface area contributed by atoms with Crippen molar-refractivity contribution in [2.45, 2.75) is 26.3 Å². The maximum Gasteiger partial charge on any atom is 0.255 e. The van der Waals surface area contributed by atoms with Crippen LogP contribution in [0.4, 0.5) is 5.69 Å². The van der Waals surface area contributed by atoms with E-state index in [9.17, 15) is 4.79 Å². The van der Waals surface area contributed by atoms with Gasteiger partial charge in [0.2, 0.25) is 0 Å². The summed E-state index contributed by atoms with van der Waals surface area (Å²) in [6.07, 6.45) is 0.905. The van der Waals surface area contributed by atoms with Gasteiger partial charge in [-0.3, -0.25) is 4.79 Å². The van der Waals surface area contributed by atoms with Crippen LogP contribution in [0.3, 0.4) is 0 Å². The molecular formula is C12H17ClN2O. The molecule has 16 heavy (non-hydrogen) atoms. The minimum Gasteiger partial charge on any atom is -0.399 e. The summed E-state index contributed by atoms with van der Waals surface area (Å²) < 4.78 is 0. The molecule has 0 bridgehead atoms. The Bertz CT molecular complexity index is 393. The number of nitrogen functional groups attached to an aromatic ring is 1. The molecule has 0 heterocycles. The number of halogens is 1. The molecule has 1 aromatic carbocycles. The fraction of sp³-hybridized carbons (Fsp3) is 0.417. The molecule has 1 aromatic rings. The van der Waals surface area contributed by atoms with E-state index in [-0.39, 0.29) is 11.9 Å². The quantitative estimate of drug-likeness (QED) is 0.826. The van der Waals surface area contributed by atoms with Crippen molar-refractivity contribution in [2.75, 3.05) is 12.8 Å². The van der Waals surface area contributed by atoms with Gasteiger partial charge in [-0.25, -0.2) is 0 Å². The maximum atomic E-state index is 12.1. The number of rotatable bonds is 3. The number of hydrogen-bond donors (Lipinski definition) is 1. The van der Waals surface area contributed by atoms with Crippen molar-refractivity contribution in [3.05, 3.63) is 28.8 Å². The van der Waals surface area contributed by atoms with Crippen LogP contribution in [0.5, 0.6) is 0 Å². The number of amides is 1.